The summed E-state index contributed by atoms with van der Waals surface area (Å²) < 4.78 is 0. The van der Waals surface area contributed by atoms with Crippen LogP contribution in [0.15, 0.2) is 24.3 Å². The molecule has 1 amide bonds. The first-order valence-corrected chi connectivity index (χ1v) is 6.72. The van der Waals surface area contributed by atoms with E-state index >= 15 is 0 Å². The van der Waals surface area contributed by atoms with Crippen LogP contribution in [0.4, 0.5) is 0 Å². The number of rotatable bonds is 4. The van der Waals surface area contributed by atoms with Crippen LogP contribution in [0.5, 0.6) is 0 Å². The van der Waals surface area contributed by atoms with Gasteiger partial charge in [0.2, 0.25) is 5.91 Å². The Morgan fingerprint density at radius 2 is 1.90 bits per heavy atom. The molecule has 0 aliphatic carbocycles. The van der Waals surface area contributed by atoms with Crippen molar-refractivity contribution in [1.82, 2.24) is 10.2 Å². The van der Waals surface area contributed by atoms with E-state index in [2.05, 4.69) is 10.2 Å². The van der Waals surface area contributed by atoms with Crippen LogP contribution in [0.1, 0.15) is 25.0 Å². The van der Waals surface area contributed by atoms with Crippen molar-refractivity contribution in [2.75, 3.05) is 13.1 Å². The molecule has 1 aliphatic rings. The molecule has 5 nitrogen and oxygen atoms in total. The Bertz CT molecular complexity index is 508. The van der Waals surface area contributed by atoms with Crippen LogP contribution >= 0.6 is 0 Å². The lowest BCUT2D eigenvalue weighted by Gasteiger charge is -2.41. The second-order valence-corrected chi connectivity index (χ2v) is 5.62. The summed E-state index contributed by atoms with van der Waals surface area (Å²) in [6.45, 7) is 6.00. The SMILES string of the molecule is CC1(C)C(=O)NCCN1Cc1ccc(CC(=O)O)cc1. The van der Waals surface area contributed by atoms with E-state index in [9.17, 15) is 9.59 Å². The molecule has 1 heterocycles. The Balaban J connectivity index is 2.06. The third-order valence-electron chi connectivity index (χ3n) is 3.77. The first-order chi connectivity index (χ1) is 9.39. The van der Waals surface area contributed by atoms with Crippen molar-refractivity contribution in [3.8, 4) is 0 Å². The van der Waals surface area contributed by atoms with Crippen LogP contribution in [0.2, 0.25) is 0 Å². The van der Waals surface area contributed by atoms with Crippen molar-refractivity contribution in [1.29, 1.82) is 0 Å². The van der Waals surface area contributed by atoms with Crippen LogP contribution in [0, 0.1) is 0 Å². The van der Waals surface area contributed by atoms with Crippen molar-refractivity contribution >= 4 is 11.9 Å². The highest BCUT2D eigenvalue weighted by Crippen LogP contribution is 2.20. The van der Waals surface area contributed by atoms with Gasteiger partial charge in [0.1, 0.15) is 0 Å². The lowest BCUT2D eigenvalue weighted by Crippen LogP contribution is -2.61. The summed E-state index contributed by atoms with van der Waals surface area (Å²) >= 11 is 0. The lowest BCUT2D eigenvalue weighted by atomic mass is 9.97. The van der Waals surface area contributed by atoms with E-state index in [1.165, 1.54) is 0 Å². The van der Waals surface area contributed by atoms with Crippen molar-refractivity contribution in [3.05, 3.63) is 35.4 Å². The van der Waals surface area contributed by atoms with Gasteiger partial charge in [0.05, 0.1) is 12.0 Å². The van der Waals surface area contributed by atoms with Crippen LogP contribution in [-0.4, -0.2) is 40.5 Å². The summed E-state index contributed by atoms with van der Waals surface area (Å²) in [7, 11) is 0. The fourth-order valence-corrected chi connectivity index (χ4v) is 2.38. The Kier molecular flexibility index (Phi) is 4.09. The molecule has 0 atom stereocenters. The number of nitrogens with zero attached hydrogens (tertiary/aromatic N) is 1. The highest BCUT2D eigenvalue weighted by atomic mass is 16.4. The van der Waals surface area contributed by atoms with Gasteiger partial charge in [-0.2, -0.15) is 0 Å². The van der Waals surface area contributed by atoms with Gasteiger partial charge in [-0.1, -0.05) is 24.3 Å². The Hall–Kier alpha value is -1.88. The molecule has 0 aromatic heterocycles. The van der Waals surface area contributed by atoms with Crippen LogP contribution in [-0.2, 0) is 22.6 Å². The number of hydrogen-bond donors (Lipinski definition) is 2. The lowest BCUT2D eigenvalue weighted by molar-refractivity contribution is -0.136. The average molecular weight is 276 g/mol. The number of aliphatic carboxylic acids is 1. The molecular weight excluding hydrogens is 256 g/mol. The fraction of sp³-hybridized carbons (Fsp3) is 0.467. The number of benzene rings is 1. The molecule has 2 N–H and O–H groups in total. The molecule has 0 unspecified atom stereocenters. The minimum Gasteiger partial charge on any atom is -0.481 e. The van der Waals surface area contributed by atoms with E-state index in [1.54, 1.807) is 0 Å². The normalized spacial score (nSPS) is 18.6. The van der Waals surface area contributed by atoms with Gasteiger partial charge < -0.3 is 10.4 Å². The minimum atomic E-state index is -0.827. The van der Waals surface area contributed by atoms with E-state index in [0.717, 1.165) is 17.7 Å². The van der Waals surface area contributed by atoms with Gasteiger partial charge in [-0.05, 0) is 25.0 Å². The van der Waals surface area contributed by atoms with Gasteiger partial charge in [-0.25, -0.2) is 0 Å². The number of carbonyl (C=O) groups excluding carboxylic acids is 1. The molecule has 0 radical (unpaired) electrons. The molecule has 1 aromatic carbocycles. The monoisotopic (exact) mass is 276 g/mol. The molecule has 1 aromatic rings. The molecule has 1 aliphatic heterocycles. The van der Waals surface area contributed by atoms with Crippen LogP contribution < -0.4 is 5.32 Å². The second-order valence-electron chi connectivity index (χ2n) is 5.62. The highest BCUT2D eigenvalue weighted by molar-refractivity contribution is 5.86. The third kappa shape index (κ3) is 3.17. The molecule has 108 valence electrons. The highest BCUT2D eigenvalue weighted by Gasteiger charge is 2.37. The topological polar surface area (TPSA) is 69.6 Å². The molecule has 20 heavy (non-hydrogen) atoms. The number of carbonyl (C=O) groups is 2. The van der Waals surface area contributed by atoms with Gasteiger partial charge in [0, 0.05) is 19.6 Å². The first-order valence-electron chi connectivity index (χ1n) is 6.72. The largest absolute Gasteiger partial charge is 0.481 e. The van der Waals surface area contributed by atoms with Gasteiger partial charge in [-0.15, -0.1) is 0 Å². The molecule has 0 bridgehead atoms. The molecule has 2 rings (SSSR count). The van der Waals surface area contributed by atoms with E-state index in [-0.39, 0.29) is 12.3 Å². The molecule has 0 saturated carbocycles. The van der Waals surface area contributed by atoms with Crippen molar-refractivity contribution in [2.24, 2.45) is 0 Å². The molecule has 1 fully saturated rings. The number of hydrogen-bond acceptors (Lipinski definition) is 3. The molecule has 1 saturated heterocycles. The Morgan fingerprint density at radius 3 is 2.50 bits per heavy atom. The van der Waals surface area contributed by atoms with E-state index in [4.69, 9.17) is 5.11 Å². The van der Waals surface area contributed by atoms with Crippen LogP contribution in [0.3, 0.4) is 0 Å². The zero-order valence-electron chi connectivity index (χ0n) is 11.8. The summed E-state index contributed by atoms with van der Waals surface area (Å²) in [5, 5.41) is 11.6. The smallest absolute Gasteiger partial charge is 0.307 e. The predicted octanol–water partition coefficient (Wildman–Crippen LogP) is 1.02. The van der Waals surface area contributed by atoms with E-state index < -0.39 is 11.5 Å². The maximum absolute atomic E-state index is 11.9. The minimum absolute atomic E-state index is 0.0396. The second kappa shape index (κ2) is 5.63. The number of carboxylic acid groups (broad SMARTS) is 1. The predicted molar refractivity (Wildman–Crippen MR) is 75.3 cm³/mol. The Morgan fingerprint density at radius 1 is 1.30 bits per heavy atom. The van der Waals surface area contributed by atoms with Crippen molar-refractivity contribution in [2.45, 2.75) is 32.4 Å². The zero-order chi connectivity index (χ0) is 14.8. The number of piperazine rings is 1. The zero-order valence-corrected chi connectivity index (χ0v) is 11.8. The standard InChI is InChI=1S/C15H20N2O3/c1-15(2)14(20)16-7-8-17(15)10-12-5-3-11(4-6-12)9-13(18)19/h3-6H,7-10H2,1-2H3,(H,16,20)(H,18,19). The summed E-state index contributed by atoms with van der Waals surface area (Å²) in [6.07, 6.45) is 0.0396. The molecule has 5 heteroatoms. The van der Waals surface area contributed by atoms with Crippen LogP contribution in [0.25, 0.3) is 0 Å². The van der Waals surface area contributed by atoms with Gasteiger partial charge in [0.25, 0.3) is 0 Å². The van der Waals surface area contributed by atoms with Crippen molar-refractivity contribution < 1.29 is 14.7 Å². The van der Waals surface area contributed by atoms with E-state index in [1.807, 2.05) is 38.1 Å². The van der Waals surface area contributed by atoms with Gasteiger partial charge in [-0.3, -0.25) is 14.5 Å². The number of carboxylic acids is 1. The summed E-state index contributed by atoms with van der Waals surface area (Å²) in [5.41, 5.74) is 1.36. The average Bonchev–Trinajstić information content (AvgIpc) is 2.37. The maximum Gasteiger partial charge on any atom is 0.307 e. The number of nitrogens with one attached hydrogen (secondary N) is 1. The first kappa shape index (κ1) is 14.5. The summed E-state index contributed by atoms with van der Waals surface area (Å²) in [6, 6.07) is 7.53. The fourth-order valence-electron chi connectivity index (χ4n) is 2.38. The third-order valence-corrected chi connectivity index (χ3v) is 3.77. The quantitative estimate of drug-likeness (QED) is 0.861. The molecule has 0 spiro atoms. The van der Waals surface area contributed by atoms with Crippen molar-refractivity contribution in [3.63, 3.8) is 0 Å². The van der Waals surface area contributed by atoms with Gasteiger partial charge in [0.15, 0.2) is 0 Å². The summed E-state index contributed by atoms with van der Waals surface area (Å²) in [5.74, 6) is -0.780. The number of amides is 1. The summed E-state index contributed by atoms with van der Waals surface area (Å²) in [4.78, 5) is 24.6. The van der Waals surface area contributed by atoms with Gasteiger partial charge >= 0.3 is 5.97 Å². The molecular formula is C15H20N2O3. The Labute approximate surface area is 118 Å². The van der Waals surface area contributed by atoms with E-state index in [0.29, 0.717) is 13.1 Å². The maximum atomic E-state index is 11.9.